The standard InChI is InChI=1S/C16H27NO2S/c1-5-7-10-20-12-14(17-6-2)13-8-9-15(18-3)16(11-13)19-4/h8-9,11,14,17H,5-7,10,12H2,1-4H3. The van der Waals surface area contributed by atoms with Gasteiger partial charge in [0.05, 0.1) is 14.2 Å². The number of thioether (sulfide) groups is 1. The molecule has 1 rings (SSSR count). The molecular formula is C16H27NO2S. The topological polar surface area (TPSA) is 30.5 Å². The molecule has 0 heterocycles. The summed E-state index contributed by atoms with van der Waals surface area (Å²) >= 11 is 2.01. The SMILES string of the molecule is CCCCSCC(NCC)c1ccc(OC)c(OC)c1. The van der Waals surface area contributed by atoms with Gasteiger partial charge in [0.25, 0.3) is 0 Å². The van der Waals surface area contributed by atoms with Crippen molar-refractivity contribution in [3.05, 3.63) is 23.8 Å². The number of nitrogens with one attached hydrogen (secondary N) is 1. The van der Waals surface area contributed by atoms with Crippen LogP contribution in [0.1, 0.15) is 38.3 Å². The average Bonchev–Trinajstić information content (AvgIpc) is 2.49. The first kappa shape index (κ1) is 17.2. The Balaban J connectivity index is 2.74. The van der Waals surface area contributed by atoms with Gasteiger partial charge in [0.1, 0.15) is 0 Å². The van der Waals surface area contributed by atoms with Crippen LogP contribution in [0.3, 0.4) is 0 Å². The second kappa shape index (κ2) is 9.94. The van der Waals surface area contributed by atoms with E-state index in [1.165, 1.54) is 24.2 Å². The van der Waals surface area contributed by atoms with Crippen LogP contribution in [0.25, 0.3) is 0 Å². The van der Waals surface area contributed by atoms with Crippen molar-refractivity contribution in [3.8, 4) is 11.5 Å². The highest BCUT2D eigenvalue weighted by atomic mass is 32.2. The lowest BCUT2D eigenvalue weighted by atomic mass is 10.1. The molecule has 0 aliphatic carbocycles. The van der Waals surface area contributed by atoms with Crippen LogP contribution in [-0.4, -0.2) is 32.3 Å². The van der Waals surface area contributed by atoms with Gasteiger partial charge in [-0.05, 0) is 36.4 Å². The monoisotopic (exact) mass is 297 g/mol. The first-order chi connectivity index (χ1) is 9.76. The normalized spacial score (nSPS) is 12.2. The molecule has 0 aliphatic rings. The van der Waals surface area contributed by atoms with Gasteiger partial charge in [-0.25, -0.2) is 0 Å². The zero-order chi connectivity index (χ0) is 14.8. The lowest BCUT2D eigenvalue weighted by Crippen LogP contribution is -2.23. The highest BCUT2D eigenvalue weighted by Gasteiger charge is 2.13. The number of unbranched alkanes of at least 4 members (excludes halogenated alkanes) is 1. The van der Waals surface area contributed by atoms with E-state index >= 15 is 0 Å². The molecule has 3 nitrogen and oxygen atoms in total. The Morgan fingerprint density at radius 3 is 2.50 bits per heavy atom. The molecule has 0 saturated heterocycles. The van der Waals surface area contributed by atoms with E-state index in [0.29, 0.717) is 6.04 Å². The molecule has 1 N–H and O–H groups in total. The number of hydrogen-bond donors (Lipinski definition) is 1. The molecule has 0 fully saturated rings. The van der Waals surface area contributed by atoms with Gasteiger partial charge in [0.15, 0.2) is 11.5 Å². The Hall–Kier alpha value is -0.870. The quantitative estimate of drug-likeness (QED) is 0.664. The molecule has 0 aliphatic heterocycles. The van der Waals surface area contributed by atoms with Crippen molar-refractivity contribution >= 4 is 11.8 Å². The highest BCUT2D eigenvalue weighted by Crippen LogP contribution is 2.31. The van der Waals surface area contributed by atoms with Crippen LogP contribution < -0.4 is 14.8 Å². The molecule has 1 aromatic rings. The van der Waals surface area contributed by atoms with E-state index < -0.39 is 0 Å². The molecule has 4 heteroatoms. The minimum atomic E-state index is 0.363. The van der Waals surface area contributed by atoms with E-state index in [1.807, 2.05) is 17.8 Å². The summed E-state index contributed by atoms with van der Waals surface area (Å²) in [5.41, 5.74) is 1.26. The fourth-order valence-electron chi connectivity index (χ4n) is 2.04. The van der Waals surface area contributed by atoms with Gasteiger partial charge < -0.3 is 14.8 Å². The first-order valence-electron chi connectivity index (χ1n) is 7.29. The molecule has 0 spiro atoms. The zero-order valence-electron chi connectivity index (χ0n) is 13.1. The first-order valence-corrected chi connectivity index (χ1v) is 8.45. The number of ether oxygens (including phenoxy) is 2. The van der Waals surface area contributed by atoms with Crippen molar-refractivity contribution in [1.29, 1.82) is 0 Å². The van der Waals surface area contributed by atoms with E-state index in [0.717, 1.165) is 23.8 Å². The summed E-state index contributed by atoms with van der Waals surface area (Å²) in [6, 6.07) is 6.54. The molecule has 1 unspecified atom stereocenters. The van der Waals surface area contributed by atoms with Crippen LogP contribution in [0.4, 0.5) is 0 Å². The predicted octanol–water partition coefficient (Wildman–Crippen LogP) is 3.89. The molecule has 0 aromatic heterocycles. The van der Waals surface area contributed by atoms with Crippen LogP contribution >= 0.6 is 11.8 Å². The summed E-state index contributed by atoms with van der Waals surface area (Å²) in [7, 11) is 3.35. The van der Waals surface area contributed by atoms with Gasteiger partial charge >= 0.3 is 0 Å². The molecule has 0 radical (unpaired) electrons. The van der Waals surface area contributed by atoms with Crippen molar-refractivity contribution < 1.29 is 9.47 Å². The molecule has 0 bridgehead atoms. The van der Waals surface area contributed by atoms with Crippen molar-refractivity contribution in [2.75, 3.05) is 32.3 Å². The zero-order valence-corrected chi connectivity index (χ0v) is 13.9. The number of hydrogen-bond acceptors (Lipinski definition) is 4. The fourth-order valence-corrected chi connectivity index (χ4v) is 3.24. The average molecular weight is 297 g/mol. The Morgan fingerprint density at radius 2 is 1.90 bits per heavy atom. The summed E-state index contributed by atoms with van der Waals surface area (Å²) < 4.78 is 10.7. The minimum absolute atomic E-state index is 0.363. The van der Waals surface area contributed by atoms with Gasteiger partial charge in [-0.1, -0.05) is 26.3 Å². The molecule has 1 aromatic carbocycles. The number of benzene rings is 1. The van der Waals surface area contributed by atoms with Crippen molar-refractivity contribution in [2.45, 2.75) is 32.7 Å². The van der Waals surface area contributed by atoms with Crippen LogP contribution in [-0.2, 0) is 0 Å². The van der Waals surface area contributed by atoms with Crippen LogP contribution in [0.2, 0.25) is 0 Å². The summed E-state index contributed by atoms with van der Waals surface area (Å²) in [5, 5.41) is 3.55. The largest absolute Gasteiger partial charge is 0.493 e. The van der Waals surface area contributed by atoms with Crippen molar-refractivity contribution in [1.82, 2.24) is 5.32 Å². The van der Waals surface area contributed by atoms with E-state index in [9.17, 15) is 0 Å². The third-order valence-electron chi connectivity index (χ3n) is 3.19. The maximum absolute atomic E-state index is 5.39. The Kier molecular flexibility index (Phi) is 8.54. The molecule has 0 amide bonds. The van der Waals surface area contributed by atoms with Gasteiger partial charge in [0.2, 0.25) is 0 Å². The lowest BCUT2D eigenvalue weighted by molar-refractivity contribution is 0.354. The molecule has 20 heavy (non-hydrogen) atoms. The van der Waals surface area contributed by atoms with Gasteiger partial charge in [-0.3, -0.25) is 0 Å². The number of rotatable bonds is 10. The van der Waals surface area contributed by atoms with E-state index in [4.69, 9.17) is 9.47 Å². The molecular weight excluding hydrogens is 270 g/mol. The fraction of sp³-hybridized carbons (Fsp3) is 0.625. The smallest absolute Gasteiger partial charge is 0.161 e. The highest BCUT2D eigenvalue weighted by molar-refractivity contribution is 7.99. The summed E-state index contributed by atoms with van der Waals surface area (Å²) in [5.74, 6) is 3.89. The van der Waals surface area contributed by atoms with Crippen LogP contribution in [0, 0.1) is 0 Å². The maximum atomic E-state index is 5.39. The lowest BCUT2D eigenvalue weighted by Gasteiger charge is -2.19. The Bertz CT molecular complexity index is 385. The predicted molar refractivity (Wildman–Crippen MR) is 88.2 cm³/mol. The maximum Gasteiger partial charge on any atom is 0.161 e. The van der Waals surface area contributed by atoms with Crippen LogP contribution in [0.5, 0.6) is 11.5 Å². The molecule has 1 atom stereocenters. The van der Waals surface area contributed by atoms with Crippen molar-refractivity contribution in [2.24, 2.45) is 0 Å². The number of methoxy groups -OCH3 is 2. The van der Waals surface area contributed by atoms with Gasteiger partial charge in [0, 0.05) is 11.8 Å². The van der Waals surface area contributed by atoms with E-state index in [-0.39, 0.29) is 0 Å². The van der Waals surface area contributed by atoms with E-state index in [1.54, 1.807) is 14.2 Å². The second-order valence-electron chi connectivity index (χ2n) is 4.65. The second-order valence-corrected chi connectivity index (χ2v) is 5.80. The Morgan fingerprint density at radius 1 is 1.15 bits per heavy atom. The van der Waals surface area contributed by atoms with Crippen LogP contribution in [0.15, 0.2) is 18.2 Å². The Labute approximate surface area is 127 Å². The summed E-state index contributed by atoms with van der Waals surface area (Å²) in [6.45, 7) is 5.34. The molecule has 0 saturated carbocycles. The van der Waals surface area contributed by atoms with Gasteiger partial charge in [-0.2, -0.15) is 11.8 Å². The van der Waals surface area contributed by atoms with E-state index in [2.05, 4.69) is 31.3 Å². The van der Waals surface area contributed by atoms with Crippen molar-refractivity contribution in [3.63, 3.8) is 0 Å². The summed E-state index contributed by atoms with van der Waals surface area (Å²) in [4.78, 5) is 0. The van der Waals surface area contributed by atoms with Gasteiger partial charge in [-0.15, -0.1) is 0 Å². The molecule has 114 valence electrons. The summed E-state index contributed by atoms with van der Waals surface area (Å²) in [6.07, 6.45) is 2.55. The third kappa shape index (κ3) is 5.25. The minimum Gasteiger partial charge on any atom is -0.493 e. The third-order valence-corrected chi connectivity index (χ3v) is 4.33.